The predicted molar refractivity (Wildman–Crippen MR) is 84.4 cm³/mol. The van der Waals surface area contributed by atoms with Gasteiger partial charge < -0.3 is 0 Å². The van der Waals surface area contributed by atoms with Gasteiger partial charge in [-0.15, -0.1) is 0 Å². The SMILES string of the molecule is CCc1nn(CC)c(CC(=O)c2ccc(Br)cc2F)c1Cl. The van der Waals surface area contributed by atoms with Gasteiger partial charge in [-0.05, 0) is 31.5 Å². The molecule has 0 aliphatic rings. The zero-order valence-corrected chi connectivity index (χ0v) is 14.1. The number of nitrogens with zero attached hydrogens (tertiary/aromatic N) is 2. The van der Waals surface area contributed by atoms with E-state index in [4.69, 9.17) is 11.6 Å². The van der Waals surface area contributed by atoms with Crippen molar-refractivity contribution in [1.82, 2.24) is 9.78 Å². The van der Waals surface area contributed by atoms with E-state index in [1.807, 2.05) is 13.8 Å². The lowest BCUT2D eigenvalue weighted by molar-refractivity contribution is 0.0986. The van der Waals surface area contributed by atoms with Crippen LogP contribution in [0.25, 0.3) is 0 Å². The van der Waals surface area contributed by atoms with Gasteiger partial charge in [-0.3, -0.25) is 9.48 Å². The van der Waals surface area contributed by atoms with Crippen molar-refractivity contribution in [3.8, 4) is 0 Å². The van der Waals surface area contributed by atoms with E-state index in [9.17, 15) is 9.18 Å². The second-order valence-corrected chi connectivity index (χ2v) is 5.89. The maximum atomic E-state index is 13.9. The molecule has 1 heterocycles. The molecule has 0 saturated heterocycles. The number of rotatable bonds is 5. The average Bonchev–Trinajstić information content (AvgIpc) is 2.75. The smallest absolute Gasteiger partial charge is 0.171 e. The van der Waals surface area contributed by atoms with Gasteiger partial charge in [-0.2, -0.15) is 5.10 Å². The van der Waals surface area contributed by atoms with E-state index in [2.05, 4.69) is 21.0 Å². The van der Waals surface area contributed by atoms with Crippen LogP contribution in [0.15, 0.2) is 22.7 Å². The molecule has 0 aliphatic carbocycles. The molecule has 0 bridgehead atoms. The Morgan fingerprint density at radius 1 is 1.43 bits per heavy atom. The van der Waals surface area contributed by atoms with Gasteiger partial charge in [-0.1, -0.05) is 34.5 Å². The van der Waals surface area contributed by atoms with Crippen LogP contribution in [0.3, 0.4) is 0 Å². The summed E-state index contributed by atoms with van der Waals surface area (Å²) in [7, 11) is 0. The van der Waals surface area contributed by atoms with Crippen molar-refractivity contribution >= 4 is 33.3 Å². The highest BCUT2D eigenvalue weighted by atomic mass is 79.9. The van der Waals surface area contributed by atoms with Crippen LogP contribution < -0.4 is 0 Å². The molecule has 21 heavy (non-hydrogen) atoms. The molecular formula is C15H15BrClFN2O. The summed E-state index contributed by atoms with van der Waals surface area (Å²) in [4.78, 5) is 12.3. The number of benzene rings is 1. The molecule has 0 saturated carbocycles. The lowest BCUT2D eigenvalue weighted by atomic mass is 10.1. The molecular weight excluding hydrogens is 359 g/mol. The Morgan fingerprint density at radius 3 is 2.71 bits per heavy atom. The first-order chi connectivity index (χ1) is 9.97. The Hall–Kier alpha value is -1.20. The van der Waals surface area contributed by atoms with Gasteiger partial charge in [0.05, 0.1) is 28.4 Å². The zero-order chi connectivity index (χ0) is 15.6. The van der Waals surface area contributed by atoms with Crippen LogP contribution in [0.1, 0.15) is 35.6 Å². The molecule has 0 radical (unpaired) electrons. The monoisotopic (exact) mass is 372 g/mol. The minimum absolute atomic E-state index is 0.0399. The molecule has 2 aromatic rings. The van der Waals surface area contributed by atoms with Crippen molar-refractivity contribution in [2.75, 3.05) is 0 Å². The largest absolute Gasteiger partial charge is 0.294 e. The minimum atomic E-state index is -0.538. The Labute approximate surface area is 136 Å². The highest BCUT2D eigenvalue weighted by molar-refractivity contribution is 9.10. The second-order valence-electron chi connectivity index (χ2n) is 4.60. The van der Waals surface area contributed by atoms with Crippen LogP contribution in [0.5, 0.6) is 0 Å². The normalized spacial score (nSPS) is 10.9. The van der Waals surface area contributed by atoms with Crippen molar-refractivity contribution in [3.05, 3.63) is 50.5 Å². The summed E-state index contributed by atoms with van der Waals surface area (Å²) in [5.41, 5.74) is 1.47. The molecule has 0 unspecified atom stereocenters. The van der Waals surface area contributed by atoms with Crippen molar-refractivity contribution in [2.45, 2.75) is 33.2 Å². The van der Waals surface area contributed by atoms with Gasteiger partial charge in [0.2, 0.25) is 0 Å². The van der Waals surface area contributed by atoms with Gasteiger partial charge in [0.25, 0.3) is 0 Å². The number of hydrogen-bond acceptors (Lipinski definition) is 2. The van der Waals surface area contributed by atoms with E-state index in [1.54, 1.807) is 10.7 Å². The Morgan fingerprint density at radius 2 is 2.14 bits per heavy atom. The number of hydrogen-bond donors (Lipinski definition) is 0. The molecule has 0 amide bonds. The molecule has 0 spiro atoms. The van der Waals surface area contributed by atoms with Crippen molar-refractivity contribution in [2.24, 2.45) is 0 Å². The van der Waals surface area contributed by atoms with Crippen molar-refractivity contribution < 1.29 is 9.18 Å². The van der Waals surface area contributed by atoms with Gasteiger partial charge in [0.15, 0.2) is 5.78 Å². The van der Waals surface area contributed by atoms with E-state index in [-0.39, 0.29) is 17.8 Å². The highest BCUT2D eigenvalue weighted by Crippen LogP contribution is 2.24. The summed E-state index contributed by atoms with van der Waals surface area (Å²) >= 11 is 9.44. The van der Waals surface area contributed by atoms with E-state index in [0.717, 1.165) is 5.69 Å². The van der Waals surface area contributed by atoms with Crippen LogP contribution in [-0.2, 0) is 19.4 Å². The molecule has 3 nitrogen and oxygen atoms in total. The maximum Gasteiger partial charge on any atom is 0.171 e. The lowest BCUT2D eigenvalue weighted by Crippen LogP contribution is -2.11. The van der Waals surface area contributed by atoms with Crippen LogP contribution in [-0.4, -0.2) is 15.6 Å². The number of Topliss-reactive ketones (excluding diaryl/α,β-unsaturated/α-hetero) is 1. The third-order valence-electron chi connectivity index (χ3n) is 3.25. The maximum absolute atomic E-state index is 13.9. The summed E-state index contributed by atoms with van der Waals surface area (Å²) in [6.07, 6.45) is 0.734. The Bertz CT molecular complexity index is 685. The van der Waals surface area contributed by atoms with Gasteiger partial charge in [0, 0.05) is 11.0 Å². The fourth-order valence-electron chi connectivity index (χ4n) is 2.15. The molecule has 0 fully saturated rings. The number of aryl methyl sites for hydroxylation is 2. The summed E-state index contributed by atoms with van der Waals surface area (Å²) in [6, 6.07) is 4.40. The quantitative estimate of drug-likeness (QED) is 0.726. The molecule has 0 N–H and O–H groups in total. The second kappa shape index (κ2) is 6.71. The summed E-state index contributed by atoms with van der Waals surface area (Å²) in [5, 5.41) is 4.87. The van der Waals surface area contributed by atoms with E-state index >= 15 is 0 Å². The summed E-state index contributed by atoms with van der Waals surface area (Å²) in [6.45, 7) is 4.50. The fraction of sp³-hybridized carbons (Fsp3) is 0.333. The summed E-state index contributed by atoms with van der Waals surface area (Å²) < 4.78 is 16.2. The first kappa shape index (κ1) is 16.2. The van der Waals surface area contributed by atoms with Crippen LogP contribution in [0.4, 0.5) is 4.39 Å². The van der Waals surface area contributed by atoms with E-state index in [1.165, 1.54) is 12.1 Å². The van der Waals surface area contributed by atoms with E-state index in [0.29, 0.717) is 28.2 Å². The van der Waals surface area contributed by atoms with Crippen molar-refractivity contribution in [3.63, 3.8) is 0 Å². The molecule has 0 atom stereocenters. The standard InChI is InChI=1S/C15H15BrClFN2O/c1-3-12-15(17)13(20(4-2)19-12)8-14(21)10-6-5-9(16)7-11(10)18/h5-7H,3-4,8H2,1-2H3. The van der Waals surface area contributed by atoms with E-state index < -0.39 is 5.82 Å². The zero-order valence-electron chi connectivity index (χ0n) is 11.8. The topological polar surface area (TPSA) is 34.9 Å². The molecule has 112 valence electrons. The predicted octanol–water partition coefficient (Wildman–Crippen LogP) is 4.45. The number of ketones is 1. The van der Waals surface area contributed by atoms with Gasteiger partial charge in [-0.25, -0.2) is 4.39 Å². The third kappa shape index (κ3) is 3.35. The molecule has 2 rings (SSSR count). The average molecular weight is 374 g/mol. The van der Waals surface area contributed by atoms with Gasteiger partial charge >= 0.3 is 0 Å². The third-order valence-corrected chi connectivity index (χ3v) is 4.18. The molecule has 1 aromatic heterocycles. The Balaban J connectivity index is 2.33. The van der Waals surface area contributed by atoms with Gasteiger partial charge in [0.1, 0.15) is 5.82 Å². The number of carbonyl (C=O) groups is 1. The van der Waals surface area contributed by atoms with Crippen LogP contribution in [0, 0.1) is 5.82 Å². The highest BCUT2D eigenvalue weighted by Gasteiger charge is 2.20. The molecule has 1 aromatic carbocycles. The lowest BCUT2D eigenvalue weighted by Gasteiger charge is -2.06. The minimum Gasteiger partial charge on any atom is -0.294 e. The number of halogens is 3. The van der Waals surface area contributed by atoms with Crippen LogP contribution >= 0.6 is 27.5 Å². The fourth-order valence-corrected chi connectivity index (χ4v) is 2.82. The Kier molecular flexibility index (Phi) is 5.17. The molecule has 0 aliphatic heterocycles. The number of aromatic nitrogens is 2. The first-order valence-electron chi connectivity index (χ1n) is 6.70. The van der Waals surface area contributed by atoms with Crippen LogP contribution in [0.2, 0.25) is 5.02 Å². The summed E-state index contributed by atoms with van der Waals surface area (Å²) in [5.74, 6) is -0.845. The number of carbonyl (C=O) groups excluding carboxylic acids is 1. The molecule has 6 heteroatoms. The van der Waals surface area contributed by atoms with Crippen molar-refractivity contribution in [1.29, 1.82) is 0 Å². The first-order valence-corrected chi connectivity index (χ1v) is 7.87.